The maximum atomic E-state index is 3.56. The minimum Gasteiger partial charge on any atom is -0.0876 e. The van der Waals surface area contributed by atoms with Gasteiger partial charge in [0, 0.05) is 5.33 Å². The summed E-state index contributed by atoms with van der Waals surface area (Å²) in [5, 5.41) is 0.978. The van der Waals surface area contributed by atoms with Gasteiger partial charge in [-0.3, -0.25) is 0 Å². The Morgan fingerprint density at radius 2 is 1.25 bits per heavy atom. The van der Waals surface area contributed by atoms with E-state index < -0.39 is 0 Å². The number of hydrogen-bond acceptors (Lipinski definition) is 0. The number of rotatable bonds is 7. The van der Waals surface area contributed by atoms with Gasteiger partial charge in [-0.1, -0.05) is 60.8 Å². The summed E-state index contributed by atoms with van der Waals surface area (Å²) in [6, 6.07) is 7.09. The van der Waals surface area contributed by atoms with Gasteiger partial charge < -0.3 is 0 Å². The predicted octanol–water partition coefficient (Wildman–Crippen LogP) is 5.27. The molecule has 0 spiro atoms. The van der Waals surface area contributed by atoms with Crippen molar-refractivity contribution in [2.45, 2.75) is 57.7 Å². The second kappa shape index (κ2) is 7.89. The molecule has 0 unspecified atom stereocenters. The third kappa shape index (κ3) is 4.69. The SMILES string of the molecule is CCCCc1cc(CBr)cc(CCCC)c1. The molecule has 1 heteroatoms. The third-order valence-electron chi connectivity index (χ3n) is 2.90. The van der Waals surface area contributed by atoms with E-state index in [4.69, 9.17) is 0 Å². The van der Waals surface area contributed by atoms with E-state index in [1.54, 1.807) is 0 Å². The first-order valence-corrected chi connectivity index (χ1v) is 7.60. The van der Waals surface area contributed by atoms with Gasteiger partial charge in [-0.15, -0.1) is 0 Å². The highest BCUT2D eigenvalue weighted by Crippen LogP contribution is 2.17. The number of unbranched alkanes of at least 4 members (excludes halogenated alkanes) is 2. The van der Waals surface area contributed by atoms with Crippen molar-refractivity contribution in [2.75, 3.05) is 0 Å². The molecule has 0 aliphatic rings. The van der Waals surface area contributed by atoms with Crippen LogP contribution in [0, 0.1) is 0 Å². The standard InChI is InChI=1S/C15H23Br/c1-3-5-7-13-9-14(8-6-4-2)11-15(10-13)12-16/h9-11H,3-8,12H2,1-2H3. The fourth-order valence-corrected chi connectivity index (χ4v) is 2.29. The summed E-state index contributed by atoms with van der Waals surface area (Å²) in [5.41, 5.74) is 4.47. The third-order valence-corrected chi connectivity index (χ3v) is 3.55. The molecule has 0 atom stereocenters. The molecule has 0 fully saturated rings. The maximum absolute atomic E-state index is 3.56. The fourth-order valence-electron chi connectivity index (χ4n) is 1.97. The lowest BCUT2D eigenvalue weighted by molar-refractivity contribution is 0.779. The maximum Gasteiger partial charge on any atom is 0.0283 e. The first-order valence-electron chi connectivity index (χ1n) is 6.47. The van der Waals surface area contributed by atoms with E-state index in [9.17, 15) is 0 Å². The molecule has 0 heterocycles. The van der Waals surface area contributed by atoms with Crippen LogP contribution in [0.2, 0.25) is 0 Å². The minimum atomic E-state index is 0.978. The zero-order valence-electron chi connectivity index (χ0n) is 10.6. The van der Waals surface area contributed by atoms with Gasteiger partial charge in [0.2, 0.25) is 0 Å². The number of halogens is 1. The Balaban J connectivity index is 2.74. The van der Waals surface area contributed by atoms with E-state index in [1.165, 1.54) is 55.2 Å². The van der Waals surface area contributed by atoms with Crippen LogP contribution in [0.5, 0.6) is 0 Å². The summed E-state index contributed by atoms with van der Waals surface area (Å²) in [7, 11) is 0. The Bertz CT molecular complexity index is 278. The summed E-state index contributed by atoms with van der Waals surface area (Å²) in [4.78, 5) is 0. The van der Waals surface area contributed by atoms with Crippen LogP contribution in [-0.2, 0) is 18.2 Å². The molecule has 16 heavy (non-hydrogen) atoms. The first-order chi connectivity index (χ1) is 7.80. The first kappa shape index (κ1) is 13.8. The van der Waals surface area contributed by atoms with Crippen LogP contribution in [0.1, 0.15) is 56.2 Å². The number of alkyl halides is 1. The van der Waals surface area contributed by atoms with E-state index >= 15 is 0 Å². The van der Waals surface area contributed by atoms with Crippen LogP contribution in [0.4, 0.5) is 0 Å². The molecule has 0 N–H and O–H groups in total. The van der Waals surface area contributed by atoms with Crippen LogP contribution in [0.15, 0.2) is 18.2 Å². The summed E-state index contributed by atoms with van der Waals surface area (Å²) in [5.74, 6) is 0. The monoisotopic (exact) mass is 282 g/mol. The number of hydrogen-bond donors (Lipinski definition) is 0. The molecule has 1 rings (SSSR count). The second-order valence-electron chi connectivity index (χ2n) is 4.50. The lowest BCUT2D eigenvalue weighted by Crippen LogP contribution is -1.93. The summed E-state index contributed by atoms with van der Waals surface area (Å²) < 4.78 is 0. The van der Waals surface area contributed by atoms with Gasteiger partial charge in [0.1, 0.15) is 0 Å². The Morgan fingerprint density at radius 3 is 1.62 bits per heavy atom. The van der Waals surface area contributed by atoms with Gasteiger partial charge in [0.25, 0.3) is 0 Å². The topological polar surface area (TPSA) is 0 Å². The van der Waals surface area contributed by atoms with Crippen LogP contribution >= 0.6 is 15.9 Å². The highest BCUT2D eigenvalue weighted by molar-refractivity contribution is 9.08. The molecule has 1 aromatic rings. The minimum absolute atomic E-state index is 0.978. The van der Waals surface area contributed by atoms with Crippen LogP contribution in [-0.4, -0.2) is 0 Å². The molecule has 1 aromatic carbocycles. The molecule has 0 aromatic heterocycles. The second-order valence-corrected chi connectivity index (χ2v) is 5.06. The molecule has 0 amide bonds. The highest BCUT2D eigenvalue weighted by Gasteiger charge is 2.00. The zero-order chi connectivity index (χ0) is 11.8. The Hall–Kier alpha value is -0.300. The van der Waals surface area contributed by atoms with Crippen molar-refractivity contribution in [3.05, 3.63) is 34.9 Å². The zero-order valence-corrected chi connectivity index (χ0v) is 12.1. The molecule has 0 saturated heterocycles. The number of aryl methyl sites for hydroxylation is 2. The van der Waals surface area contributed by atoms with Crippen molar-refractivity contribution in [1.82, 2.24) is 0 Å². The van der Waals surface area contributed by atoms with Crippen molar-refractivity contribution in [3.63, 3.8) is 0 Å². The van der Waals surface area contributed by atoms with Gasteiger partial charge in [-0.2, -0.15) is 0 Å². The fraction of sp³-hybridized carbons (Fsp3) is 0.600. The smallest absolute Gasteiger partial charge is 0.0283 e. The van der Waals surface area contributed by atoms with Gasteiger partial charge in [0.15, 0.2) is 0 Å². The predicted molar refractivity (Wildman–Crippen MR) is 76.3 cm³/mol. The summed E-state index contributed by atoms with van der Waals surface area (Å²) in [6.45, 7) is 4.51. The van der Waals surface area contributed by atoms with E-state index in [0.29, 0.717) is 0 Å². The van der Waals surface area contributed by atoms with Crippen molar-refractivity contribution in [3.8, 4) is 0 Å². The van der Waals surface area contributed by atoms with Crippen molar-refractivity contribution in [2.24, 2.45) is 0 Å². The molecule has 0 aliphatic carbocycles. The Labute approximate surface area is 109 Å². The molecule has 90 valence electrons. The van der Waals surface area contributed by atoms with E-state index in [1.807, 2.05) is 0 Å². The molecule has 0 radical (unpaired) electrons. The van der Waals surface area contributed by atoms with Gasteiger partial charge in [0.05, 0.1) is 0 Å². The van der Waals surface area contributed by atoms with Crippen LogP contribution < -0.4 is 0 Å². The largest absolute Gasteiger partial charge is 0.0876 e. The number of benzene rings is 1. The Kier molecular flexibility index (Phi) is 6.79. The van der Waals surface area contributed by atoms with Crippen molar-refractivity contribution in [1.29, 1.82) is 0 Å². The van der Waals surface area contributed by atoms with Crippen molar-refractivity contribution < 1.29 is 0 Å². The molecule has 0 aliphatic heterocycles. The summed E-state index contributed by atoms with van der Waals surface area (Å²) in [6.07, 6.45) is 7.64. The lowest BCUT2D eigenvalue weighted by atomic mass is 9.99. The average Bonchev–Trinajstić information content (AvgIpc) is 2.33. The van der Waals surface area contributed by atoms with E-state index in [0.717, 1.165) is 5.33 Å². The quantitative estimate of drug-likeness (QED) is 0.598. The normalized spacial score (nSPS) is 10.7. The van der Waals surface area contributed by atoms with E-state index in [2.05, 4.69) is 48.0 Å². The highest BCUT2D eigenvalue weighted by atomic mass is 79.9. The van der Waals surface area contributed by atoms with Crippen LogP contribution in [0.25, 0.3) is 0 Å². The Morgan fingerprint density at radius 1 is 0.812 bits per heavy atom. The molecular weight excluding hydrogens is 260 g/mol. The van der Waals surface area contributed by atoms with Gasteiger partial charge in [-0.25, -0.2) is 0 Å². The van der Waals surface area contributed by atoms with Gasteiger partial charge >= 0.3 is 0 Å². The van der Waals surface area contributed by atoms with Crippen LogP contribution in [0.3, 0.4) is 0 Å². The lowest BCUT2D eigenvalue weighted by Gasteiger charge is -2.08. The molecular formula is C15H23Br. The summed E-state index contributed by atoms with van der Waals surface area (Å²) >= 11 is 3.56. The molecule has 0 bridgehead atoms. The van der Waals surface area contributed by atoms with E-state index in [-0.39, 0.29) is 0 Å². The molecule has 0 saturated carbocycles. The van der Waals surface area contributed by atoms with Gasteiger partial charge in [-0.05, 0) is 42.4 Å². The average molecular weight is 283 g/mol. The molecule has 0 nitrogen and oxygen atoms in total. The van der Waals surface area contributed by atoms with Crippen molar-refractivity contribution >= 4 is 15.9 Å².